The molecule has 0 unspecified atom stereocenters. The van der Waals surface area contributed by atoms with E-state index >= 15 is 0 Å². The van der Waals surface area contributed by atoms with E-state index < -0.39 is 47.8 Å². The van der Waals surface area contributed by atoms with E-state index in [1.54, 1.807) is 38.3 Å². The number of nitrogens with zero attached hydrogens (tertiary/aromatic N) is 2. The fourth-order valence-corrected chi connectivity index (χ4v) is 5.61. The van der Waals surface area contributed by atoms with Crippen LogP contribution >= 0.6 is 0 Å². The number of para-hydroxylation sites is 1. The Morgan fingerprint density at radius 2 is 1.58 bits per heavy atom. The molecule has 0 aliphatic carbocycles. The molecule has 13 nitrogen and oxygen atoms in total. The molecule has 48 heavy (non-hydrogen) atoms. The van der Waals surface area contributed by atoms with E-state index in [2.05, 4.69) is 31.5 Å². The largest absolute Gasteiger partial charge is 0.497 e. The van der Waals surface area contributed by atoms with Gasteiger partial charge >= 0.3 is 0 Å². The fraction of sp³-hybridized carbons (Fsp3) is 0.486. The normalized spacial score (nSPS) is 21.6. The fourth-order valence-electron chi connectivity index (χ4n) is 5.61. The van der Waals surface area contributed by atoms with Gasteiger partial charge in [-0.1, -0.05) is 58.0 Å². The van der Waals surface area contributed by atoms with Crippen molar-refractivity contribution in [3.8, 4) is 5.75 Å². The summed E-state index contributed by atoms with van der Waals surface area (Å²) in [5, 5.41) is 19.3. The van der Waals surface area contributed by atoms with Crippen LogP contribution in [0.3, 0.4) is 0 Å². The van der Waals surface area contributed by atoms with E-state index in [9.17, 15) is 24.0 Å². The zero-order chi connectivity index (χ0) is 35.0. The lowest BCUT2D eigenvalue weighted by Crippen LogP contribution is -2.57. The highest BCUT2D eigenvalue weighted by molar-refractivity contribution is 5.95. The Bertz CT molecular complexity index is 1600. The number of aromatic nitrogens is 2. The lowest BCUT2D eigenvalue weighted by molar-refractivity contribution is -0.137. The van der Waals surface area contributed by atoms with Crippen molar-refractivity contribution in [1.29, 1.82) is 0 Å². The number of rotatable bonds is 8. The van der Waals surface area contributed by atoms with Crippen LogP contribution in [-0.4, -0.2) is 89.0 Å². The van der Waals surface area contributed by atoms with Crippen LogP contribution in [0.1, 0.15) is 52.3 Å². The van der Waals surface area contributed by atoms with Gasteiger partial charge in [0.15, 0.2) is 0 Å². The zero-order valence-corrected chi connectivity index (χ0v) is 28.5. The number of methoxy groups -OCH3 is 1. The summed E-state index contributed by atoms with van der Waals surface area (Å²) in [7, 11) is 1.55. The minimum absolute atomic E-state index is 0.0237. The Morgan fingerprint density at radius 3 is 2.25 bits per heavy atom. The van der Waals surface area contributed by atoms with Gasteiger partial charge in [-0.15, -0.1) is 0 Å². The van der Waals surface area contributed by atoms with Crippen LogP contribution in [0.2, 0.25) is 0 Å². The molecule has 1 aromatic heterocycles. The average Bonchev–Trinajstić information content (AvgIpc) is 3.45. The number of carbonyl (C=O) groups is 5. The average molecular weight is 662 g/mol. The van der Waals surface area contributed by atoms with Gasteiger partial charge in [0.25, 0.3) is 0 Å². The molecule has 258 valence electrons. The summed E-state index contributed by atoms with van der Waals surface area (Å²) in [5.74, 6) is -1.89. The summed E-state index contributed by atoms with van der Waals surface area (Å²) in [6.45, 7) is 8.91. The van der Waals surface area contributed by atoms with Crippen molar-refractivity contribution in [1.82, 2.24) is 36.4 Å². The first-order valence-corrected chi connectivity index (χ1v) is 16.4. The Labute approximate surface area is 280 Å². The van der Waals surface area contributed by atoms with Gasteiger partial charge in [-0.25, -0.2) is 0 Å². The maximum Gasteiger partial charge on any atom is 0.243 e. The number of aromatic amines is 1. The van der Waals surface area contributed by atoms with E-state index in [4.69, 9.17) is 4.74 Å². The van der Waals surface area contributed by atoms with Gasteiger partial charge in [0.05, 0.1) is 31.3 Å². The number of nitrogens with one attached hydrogen (secondary N) is 5. The third-order valence-electron chi connectivity index (χ3n) is 8.45. The minimum Gasteiger partial charge on any atom is -0.497 e. The van der Waals surface area contributed by atoms with E-state index in [0.29, 0.717) is 23.4 Å². The summed E-state index contributed by atoms with van der Waals surface area (Å²) in [6, 6.07) is 11.0. The van der Waals surface area contributed by atoms with Crippen molar-refractivity contribution in [2.24, 2.45) is 11.8 Å². The number of amides is 5. The standard InChI is InChI=1S/C35H47N7O6/c1-20(2)15-28-35(47)38-29(16-23-11-13-24(48-6)14-12-23)34(46)36-22(5)33(45)39-30(21(3)4)18-42(19-31(43)37-28)32(44)17-27-25-9-7-8-10-26(25)40-41-27/h7-14,20-22,28-30H,15-19H2,1-6H3,(H,36,46)(H,37,43)(H,38,47)(H,39,45)(H,40,41)/t22-,28+,29+,30-/m1/s1. The summed E-state index contributed by atoms with van der Waals surface area (Å²) in [5.41, 5.74) is 2.08. The van der Waals surface area contributed by atoms with Crippen LogP contribution in [0, 0.1) is 11.8 Å². The number of hydrogen-bond donors (Lipinski definition) is 5. The van der Waals surface area contributed by atoms with E-state index in [1.165, 1.54) is 4.90 Å². The third kappa shape index (κ3) is 9.55. The molecule has 2 heterocycles. The lowest BCUT2D eigenvalue weighted by atomic mass is 10.0. The molecule has 3 aromatic rings. The monoisotopic (exact) mass is 661 g/mol. The number of carbonyl (C=O) groups excluding carboxylic acids is 5. The Morgan fingerprint density at radius 1 is 0.896 bits per heavy atom. The molecule has 1 aliphatic heterocycles. The molecule has 0 bridgehead atoms. The molecule has 4 atom stereocenters. The van der Waals surface area contributed by atoms with E-state index in [-0.39, 0.29) is 43.7 Å². The molecular formula is C35H47N7O6. The van der Waals surface area contributed by atoms with E-state index in [1.807, 2.05) is 52.0 Å². The molecule has 4 rings (SSSR count). The Balaban J connectivity index is 1.65. The molecule has 5 N–H and O–H groups in total. The van der Waals surface area contributed by atoms with Crippen LogP contribution in [0.15, 0.2) is 48.5 Å². The third-order valence-corrected chi connectivity index (χ3v) is 8.45. The van der Waals surface area contributed by atoms with Crippen LogP contribution in [0.25, 0.3) is 10.9 Å². The highest BCUT2D eigenvalue weighted by atomic mass is 16.5. The zero-order valence-electron chi connectivity index (χ0n) is 28.5. The second kappa shape index (κ2) is 16.2. The first-order chi connectivity index (χ1) is 22.8. The van der Waals surface area contributed by atoms with Gasteiger partial charge in [-0.05, 0) is 48.9 Å². The van der Waals surface area contributed by atoms with Gasteiger partial charge in [-0.3, -0.25) is 29.1 Å². The molecule has 5 amide bonds. The van der Waals surface area contributed by atoms with Gasteiger partial charge in [0.2, 0.25) is 29.5 Å². The second-order valence-electron chi connectivity index (χ2n) is 13.1. The van der Waals surface area contributed by atoms with Crippen molar-refractivity contribution in [3.63, 3.8) is 0 Å². The van der Waals surface area contributed by atoms with Crippen LogP contribution in [0.5, 0.6) is 5.75 Å². The molecule has 1 saturated heterocycles. The predicted octanol–water partition coefficient (Wildman–Crippen LogP) is 1.86. The van der Waals surface area contributed by atoms with Crippen molar-refractivity contribution in [2.75, 3.05) is 20.2 Å². The number of hydrogen-bond acceptors (Lipinski definition) is 7. The van der Waals surface area contributed by atoms with Gasteiger partial charge in [0.1, 0.15) is 23.9 Å². The van der Waals surface area contributed by atoms with Crippen LogP contribution in [-0.2, 0) is 36.8 Å². The van der Waals surface area contributed by atoms with Gasteiger partial charge in [0, 0.05) is 24.4 Å². The minimum atomic E-state index is -1.04. The van der Waals surface area contributed by atoms with Crippen LogP contribution < -0.4 is 26.0 Å². The summed E-state index contributed by atoms with van der Waals surface area (Å²) in [4.78, 5) is 69.5. The van der Waals surface area contributed by atoms with E-state index in [0.717, 1.165) is 10.9 Å². The molecule has 1 aliphatic rings. The maximum atomic E-state index is 13.8. The Hall–Kier alpha value is -4.94. The van der Waals surface area contributed by atoms with Gasteiger partial charge < -0.3 is 30.9 Å². The molecule has 0 spiro atoms. The Kier molecular flexibility index (Phi) is 12.2. The SMILES string of the molecule is COc1ccc(C[C@@H]2NC(=O)[C@H](CC(C)C)NC(=O)CN(C(=O)Cc3[nH]nc4ccccc34)C[C@H](C(C)C)NC(=O)[C@@H](C)NC2=O)cc1. The smallest absolute Gasteiger partial charge is 0.243 e. The number of ether oxygens (including phenoxy) is 1. The first kappa shape index (κ1) is 35.9. The number of fused-ring (bicyclic) bond motifs is 1. The highest BCUT2D eigenvalue weighted by Crippen LogP contribution is 2.18. The van der Waals surface area contributed by atoms with Crippen molar-refractivity contribution in [2.45, 2.75) is 78.0 Å². The maximum absolute atomic E-state index is 13.8. The summed E-state index contributed by atoms with van der Waals surface area (Å²) < 4.78 is 5.24. The first-order valence-electron chi connectivity index (χ1n) is 16.4. The summed E-state index contributed by atoms with van der Waals surface area (Å²) in [6.07, 6.45) is 0.382. The highest BCUT2D eigenvalue weighted by Gasteiger charge is 2.32. The number of benzene rings is 2. The van der Waals surface area contributed by atoms with Crippen LogP contribution in [0.4, 0.5) is 0 Å². The molecule has 0 saturated carbocycles. The van der Waals surface area contributed by atoms with Gasteiger partial charge in [-0.2, -0.15) is 5.10 Å². The molecular weight excluding hydrogens is 614 g/mol. The molecule has 1 fully saturated rings. The predicted molar refractivity (Wildman–Crippen MR) is 181 cm³/mol. The molecule has 13 heteroatoms. The van der Waals surface area contributed by atoms with Crippen molar-refractivity contribution in [3.05, 3.63) is 59.8 Å². The number of H-pyrrole nitrogens is 1. The molecule has 2 aromatic carbocycles. The lowest BCUT2D eigenvalue weighted by Gasteiger charge is -2.31. The summed E-state index contributed by atoms with van der Waals surface area (Å²) >= 11 is 0. The molecule has 0 radical (unpaired) electrons. The second-order valence-corrected chi connectivity index (χ2v) is 13.1. The topological polar surface area (TPSA) is 175 Å². The van der Waals surface area contributed by atoms with Crippen molar-refractivity contribution < 1.29 is 28.7 Å². The van der Waals surface area contributed by atoms with Crippen molar-refractivity contribution >= 4 is 40.4 Å². The quantitative estimate of drug-likeness (QED) is 0.245.